The van der Waals surface area contributed by atoms with Crippen LogP contribution in [0.5, 0.6) is 0 Å². The zero-order chi connectivity index (χ0) is 13.7. The second-order valence-electron chi connectivity index (χ2n) is 5.56. The Morgan fingerprint density at radius 2 is 1.75 bits per heavy atom. The van der Waals surface area contributed by atoms with Gasteiger partial charge in [0.15, 0.2) is 5.78 Å². The number of nitrogens with zero attached hydrogens (tertiary/aromatic N) is 1. The van der Waals surface area contributed by atoms with Gasteiger partial charge in [0.1, 0.15) is 11.4 Å². The maximum atomic E-state index is 13.9. The van der Waals surface area contributed by atoms with Crippen molar-refractivity contribution in [3.63, 3.8) is 0 Å². The van der Waals surface area contributed by atoms with Gasteiger partial charge < -0.3 is 4.90 Å². The van der Waals surface area contributed by atoms with E-state index in [1.807, 2.05) is 30.3 Å². The maximum absolute atomic E-state index is 13.9. The van der Waals surface area contributed by atoms with Gasteiger partial charge in [-0.05, 0) is 31.0 Å². The molecule has 0 amide bonds. The number of para-hydroxylation sites is 1. The molecule has 1 spiro atoms. The summed E-state index contributed by atoms with van der Waals surface area (Å²) >= 11 is 0. The number of rotatable bonds is 2. The minimum absolute atomic E-state index is 0.199. The van der Waals surface area contributed by atoms with Crippen LogP contribution in [0.15, 0.2) is 48.5 Å². The molecule has 0 unspecified atom stereocenters. The van der Waals surface area contributed by atoms with E-state index in [0.717, 1.165) is 24.1 Å². The van der Waals surface area contributed by atoms with Gasteiger partial charge in [-0.25, -0.2) is 4.39 Å². The van der Waals surface area contributed by atoms with Crippen molar-refractivity contribution in [2.75, 3.05) is 4.90 Å². The molecular weight excluding hydrogens is 253 g/mol. The Morgan fingerprint density at radius 3 is 2.50 bits per heavy atom. The van der Waals surface area contributed by atoms with E-state index in [0.29, 0.717) is 12.1 Å². The van der Waals surface area contributed by atoms with Crippen LogP contribution in [0, 0.1) is 5.82 Å². The molecular formula is C17H14FNO. The van der Waals surface area contributed by atoms with E-state index in [2.05, 4.69) is 4.90 Å². The van der Waals surface area contributed by atoms with E-state index in [9.17, 15) is 9.18 Å². The molecule has 1 heterocycles. The molecule has 2 aliphatic rings. The molecule has 0 atom stereocenters. The lowest BCUT2D eigenvalue weighted by Crippen LogP contribution is -2.37. The van der Waals surface area contributed by atoms with Gasteiger partial charge in [0.05, 0.1) is 0 Å². The second-order valence-corrected chi connectivity index (χ2v) is 5.56. The summed E-state index contributed by atoms with van der Waals surface area (Å²) in [7, 11) is 0. The third-order valence-electron chi connectivity index (χ3n) is 4.39. The van der Waals surface area contributed by atoms with Gasteiger partial charge in [-0.15, -0.1) is 0 Å². The van der Waals surface area contributed by atoms with Gasteiger partial charge in [0, 0.05) is 23.4 Å². The van der Waals surface area contributed by atoms with Crippen LogP contribution in [-0.4, -0.2) is 11.3 Å². The summed E-state index contributed by atoms with van der Waals surface area (Å²) in [4.78, 5) is 14.6. The standard InChI is InChI=1S/C17H14FNO/c18-14-7-3-1-5-12(14)11-19-15-8-4-2-6-13(15)16(20)17(19)9-10-17/h1-8H,9-11H2. The number of carbonyl (C=O) groups excluding carboxylic acids is 1. The lowest BCUT2D eigenvalue weighted by molar-refractivity contribution is 0.0958. The fourth-order valence-electron chi connectivity index (χ4n) is 3.15. The lowest BCUT2D eigenvalue weighted by Gasteiger charge is -2.26. The Labute approximate surface area is 116 Å². The van der Waals surface area contributed by atoms with Gasteiger partial charge in [-0.2, -0.15) is 0 Å². The van der Waals surface area contributed by atoms with Gasteiger partial charge in [-0.3, -0.25) is 4.79 Å². The summed E-state index contributed by atoms with van der Waals surface area (Å²) in [5.41, 5.74) is 1.97. The van der Waals surface area contributed by atoms with Crippen LogP contribution in [0.3, 0.4) is 0 Å². The maximum Gasteiger partial charge on any atom is 0.190 e. The van der Waals surface area contributed by atoms with Crippen LogP contribution in [-0.2, 0) is 6.54 Å². The molecule has 0 bridgehead atoms. The number of halogens is 1. The van der Waals surface area contributed by atoms with Gasteiger partial charge in [0.2, 0.25) is 0 Å². The van der Waals surface area contributed by atoms with Crippen molar-refractivity contribution in [1.29, 1.82) is 0 Å². The van der Waals surface area contributed by atoms with E-state index < -0.39 is 5.54 Å². The van der Waals surface area contributed by atoms with E-state index in [-0.39, 0.29) is 11.6 Å². The predicted octanol–water partition coefficient (Wildman–Crippen LogP) is 3.56. The highest BCUT2D eigenvalue weighted by Crippen LogP contribution is 2.53. The van der Waals surface area contributed by atoms with Gasteiger partial charge in [-0.1, -0.05) is 30.3 Å². The van der Waals surface area contributed by atoms with Crippen LogP contribution in [0.25, 0.3) is 0 Å². The summed E-state index contributed by atoms with van der Waals surface area (Å²) in [6, 6.07) is 14.4. The fourth-order valence-corrected chi connectivity index (χ4v) is 3.15. The molecule has 3 heteroatoms. The third kappa shape index (κ3) is 1.46. The van der Waals surface area contributed by atoms with Crippen molar-refractivity contribution in [3.05, 3.63) is 65.5 Å². The predicted molar refractivity (Wildman–Crippen MR) is 75.3 cm³/mol. The van der Waals surface area contributed by atoms with Crippen LogP contribution < -0.4 is 4.90 Å². The average Bonchev–Trinajstić information content (AvgIpc) is 3.23. The molecule has 2 aromatic rings. The number of benzene rings is 2. The first-order valence-electron chi connectivity index (χ1n) is 6.87. The first-order valence-corrected chi connectivity index (χ1v) is 6.87. The Morgan fingerprint density at radius 1 is 1.05 bits per heavy atom. The van der Waals surface area contributed by atoms with Gasteiger partial charge >= 0.3 is 0 Å². The number of hydrogen-bond donors (Lipinski definition) is 0. The third-order valence-corrected chi connectivity index (χ3v) is 4.39. The fraction of sp³-hybridized carbons (Fsp3) is 0.235. The molecule has 1 saturated carbocycles. The molecule has 1 aliphatic carbocycles. The minimum Gasteiger partial charge on any atom is -0.353 e. The summed E-state index contributed by atoms with van der Waals surface area (Å²) in [6.07, 6.45) is 1.74. The highest BCUT2D eigenvalue weighted by atomic mass is 19.1. The lowest BCUT2D eigenvalue weighted by atomic mass is 10.1. The SMILES string of the molecule is O=C1c2ccccc2N(Cc2ccccc2F)C12CC2. The minimum atomic E-state index is -0.397. The Balaban J connectivity index is 1.78. The molecule has 1 aliphatic heterocycles. The molecule has 0 saturated heterocycles. The zero-order valence-corrected chi connectivity index (χ0v) is 11.0. The summed E-state index contributed by atoms with van der Waals surface area (Å²) in [6.45, 7) is 0.454. The Hall–Kier alpha value is -2.16. The number of fused-ring (bicyclic) bond motifs is 1. The summed E-state index contributed by atoms with van der Waals surface area (Å²) in [5.74, 6) is -0.00966. The number of ketones is 1. The highest BCUT2D eigenvalue weighted by Gasteiger charge is 2.59. The molecule has 2 aromatic carbocycles. The number of Topliss-reactive ketones (excluding diaryl/α,β-unsaturated/α-hetero) is 1. The van der Waals surface area contributed by atoms with Crippen LogP contribution in [0.4, 0.5) is 10.1 Å². The van der Waals surface area contributed by atoms with Crippen molar-refractivity contribution in [2.45, 2.75) is 24.9 Å². The van der Waals surface area contributed by atoms with E-state index in [1.165, 1.54) is 6.07 Å². The molecule has 20 heavy (non-hydrogen) atoms. The summed E-state index contributed by atoms with van der Waals surface area (Å²) in [5, 5.41) is 0. The largest absolute Gasteiger partial charge is 0.353 e. The molecule has 0 radical (unpaired) electrons. The molecule has 2 nitrogen and oxygen atoms in total. The molecule has 1 fully saturated rings. The average molecular weight is 267 g/mol. The van der Waals surface area contributed by atoms with Crippen molar-refractivity contribution in [3.8, 4) is 0 Å². The molecule has 0 aromatic heterocycles. The van der Waals surface area contributed by atoms with E-state index in [4.69, 9.17) is 0 Å². The highest BCUT2D eigenvalue weighted by molar-refractivity contribution is 6.15. The first kappa shape index (κ1) is 11.6. The summed E-state index contributed by atoms with van der Waals surface area (Å²) < 4.78 is 13.9. The normalized spacial score (nSPS) is 18.4. The van der Waals surface area contributed by atoms with E-state index >= 15 is 0 Å². The molecule has 4 rings (SSSR count). The van der Waals surface area contributed by atoms with Crippen molar-refractivity contribution in [1.82, 2.24) is 0 Å². The topological polar surface area (TPSA) is 20.3 Å². The molecule has 100 valence electrons. The van der Waals surface area contributed by atoms with Crippen LogP contribution in [0.2, 0.25) is 0 Å². The van der Waals surface area contributed by atoms with Crippen molar-refractivity contribution < 1.29 is 9.18 Å². The Bertz CT molecular complexity index is 706. The number of hydrogen-bond acceptors (Lipinski definition) is 2. The quantitative estimate of drug-likeness (QED) is 0.829. The van der Waals surface area contributed by atoms with Crippen molar-refractivity contribution in [2.24, 2.45) is 0 Å². The van der Waals surface area contributed by atoms with Crippen molar-refractivity contribution >= 4 is 11.5 Å². The monoisotopic (exact) mass is 267 g/mol. The second kappa shape index (κ2) is 3.92. The smallest absolute Gasteiger partial charge is 0.190 e. The number of carbonyl (C=O) groups is 1. The molecule has 0 N–H and O–H groups in total. The van der Waals surface area contributed by atoms with Crippen LogP contribution in [0.1, 0.15) is 28.8 Å². The van der Waals surface area contributed by atoms with Crippen LogP contribution >= 0.6 is 0 Å². The zero-order valence-electron chi connectivity index (χ0n) is 11.0. The number of anilines is 1. The van der Waals surface area contributed by atoms with E-state index in [1.54, 1.807) is 12.1 Å². The Kier molecular flexibility index (Phi) is 2.28. The first-order chi connectivity index (χ1) is 9.72. The van der Waals surface area contributed by atoms with Gasteiger partial charge in [0.25, 0.3) is 0 Å².